The van der Waals surface area contributed by atoms with Crippen LogP contribution in [0, 0.1) is 0 Å². The van der Waals surface area contributed by atoms with Crippen LogP contribution in [0.1, 0.15) is 11.1 Å². The molecule has 4 rings (SSSR count). The van der Waals surface area contributed by atoms with Crippen LogP contribution >= 0.6 is 0 Å². The quantitative estimate of drug-likeness (QED) is 0.569. The van der Waals surface area contributed by atoms with Crippen molar-refractivity contribution in [1.82, 2.24) is 4.57 Å². The Morgan fingerprint density at radius 1 is 0.875 bits per heavy atom. The Morgan fingerprint density at radius 2 is 1.62 bits per heavy atom. The Balaban J connectivity index is 2.09. The molecule has 0 fully saturated rings. The van der Waals surface area contributed by atoms with E-state index in [4.69, 9.17) is 5.73 Å². The number of fused-ring (bicyclic) bond motifs is 3. The molecule has 1 heterocycles. The third-order valence-electron chi connectivity index (χ3n) is 4.58. The summed E-state index contributed by atoms with van der Waals surface area (Å²) in [5.74, 6) is 0. The first-order chi connectivity index (χ1) is 11.8. The van der Waals surface area contributed by atoms with E-state index in [1.165, 1.54) is 27.4 Å². The largest absolute Gasteiger partial charge is 0.330 e. The molecule has 0 atom stereocenters. The van der Waals surface area contributed by atoms with Gasteiger partial charge < -0.3 is 10.3 Å². The van der Waals surface area contributed by atoms with Crippen LogP contribution in [0.25, 0.3) is 33.6 Å². The van der Waals surface area contributed by atoms with E-state index in [1.807, 2.05) is 6.08 Å². The third kappa shape index (κ3) is 2.24. The van der Waals surface area contributed by atoms with E-state index in [-0.39, 0.29) is 0 Å². The smallest absolute Gasteiger partial charge is 0.0543 e. The van der Waals surface area contributed by atoms with Crippen LogP contribution in [0.4, 0.5) is 0 Å². The first-order valence-corrected chi connectivity index (χ1v) is 8.27. The second-order valence-corrected chi connectivity index (χ2v) is 6.00. The minimum atomic E-state index is 0.659. The summed E-state index contributed by atoms with van der Waals surface area (Å²) >= 11 is 0. The average molecular weight is 312 g/mol. The van der Waals surface area contributed by atoms with Crippen LogP contribution in [0.15, 0.2) is 73.3 Å². The van der Waals surface area contributed by atoms with Gasteiger partial charge in [0.1, 0.15) is 0 Å². The lowest BCUT2D eigenvalue weighted by Gasteiger charge is -2.08. The van der Waals surface area contributed by atoms with Crippen molar-refractivity contribution < 1.29 is 0 Å². The zero-order valence-corrected chi connectivity index (χ0v) is 13.6. The molecule has 2 N–H and O–H groups in total. The lowest BCUT2D eigenvalue weighted by Crippen LogP contribution is -2.03. The molecular formula is C22H20N2. The zero-order valence-electron chi connectivity index (χ0n) is 13.6. The molecule has 0 bridgehead atoms. The molecule has 0 saturated carbocycles. The van der Waals surface area contributed by atoms with Gasteiger partial charge in [0.2, 0.25) is 0 Å². The highest BCUT2D eigenvalue weighted by atomic mass is 15.0. The zero-order chi connectivity index (χ0) is 16.5. The molecule has 0 saturated heterocycles. The topological polar surface area (TPSA) is 30.9 Å². The Morgan fingerprint density at radius 3 is 2.38 bits per heavy atom. The predicted octanol–water partition coefficient (Wildman–Crippen LogP) is 4.93. The molecule has 0 spiro atoms. The van der Waals surface area contributed by atoms with Crippen molar-refractivity contribution in [3.8, 4) is 5.69 Å². The Kier molecular flexibility index (Phi) is 3.68. The summed E-state index contributed by atoms with van der Waals surface area (Å²) in [7, 11) is 0. The van der Waals surface area contributed by atoms with Crippen molar-refractivity contribution in [2.45, 2.75) is 6.42 Å². The fourth-order valence-electron chi connectivity index (χ4n) is 3.50. The van der Waals surface area contributed by atoms with E-state index >= 15 is 0 Å². The Hall–Kier alpha value is -2.84. The fourth-order valence-corrected chi connectivity index (χ4v) is 3.50. The molecule has 0 aliphatic heterocycles. The van der Waals surface area contributed by atoms with Crippen LogP contribution in [0.2, 0.25) is 0 Å². The summed E-state index contributed by atoms with van der Waals surface area (Å²) in [6, 6.07) is 23.6. The summed E-state index contributed by atoms with van der Waals surface area (Å²) in [5.41, 5.74) is 11.9. The summed E-state index contributed by atoms with van der Waals surface area (Å²) in [4.78, 5) is 0. The summed E-state index contributed by atoms with van der Waals surface area (Å²) < 4.78 is 2.33. The van der Waals surface area contributed by atoms with Gasteiger partial charge in [-0.3, -0.25) is 0 Å². The van der Waals surface area contributed by atoms with Gasteiger partial charge in [0.05, 0.1) is 11.0 Å². The van der Waals surface area contributed by atoms with E-state index in [0.717, 1.165) is 17.7 Å². The number of para-hydroxylation sites is 1. The first kappa shape index (κ1) is 14.7. The van der Waals surface area contributed by atoms with Gasteiger partial charge in [0.25, 0.3) is 0 Å². The lowest BCUT2D eigenvalue weighted by molar-refractivity contribution is 0.977. The maximum absolute atomic E-state index is 5.83. The van der Waals surface area contributed by atoms with Gasteiger partial charge in [-0.1, -0.05) is 55.1 Å². The number of aromatic nitrogens is 1. The lowest BCUT2D eigenvalue weighted by atomic mass is 10.0. The van der Waals surface area contributed by atoms with Gasteiger partial charge in [-0.05, 0) is 48.4 Å². The van der Waals surface area contributed by atoms with Crippen molar-refractivity contribution in [1.29, 1.82) is 0 Å². The van der Waals surface area contributed by atoms with Gasteiger partial charge in [-0.15, -0.1) is 0 Å². The second kappa shape index (κ2) is 5.99. The minimum Gasteiger partial charge on any atom is -0.330 e. The predicted molar refractivity (Wildman–Crippen MR) is 104 cm³/mol. The summed E-state index contributed by atoms with van der Waals surface area (Å²) in [6.45, 7) is 4.50. The van der Waals surface area contributed by atoms with Gasteiger partial charge >= 0.3 is 0 Å². The number of benzene rings is 3. The average Bonchev–Trinajstić information content (AvgIpc) is 2.97. The van der Waals surface area contributed by atoms with Crippen LogP contribution in [0.3, 0.4) is 0 Å². The monoisotopic (exact) mass is 312 g/mol. The molecular weight excluding hydrogens is 292 g/mol. The second-order valence-electron chi connectivity index (χ2n) is 6.00. The highest BCUT2D eigenvalue weighted by molar-refractivity contribution is 6.10. The highest BCUT2D eigenvalue weighted by Crippen LogP contribution is 2.34. The maximum atomic E-state index is 5.83. The highest BCUT2D eigenvalue weighted by Gasteiger charge is 2.14. The molecule has 0 aliphatic rings. The minimum absolute atomic E-state index is 0.659. The normalized spacial score (nSPS) is 11.2. The van der Waals surface area contributed by atoms with Crippen molar-refractivity contribution in [2.75, 3.05) is 6.54 Å². The number of nitrogens with zero attached hydrogens (tertiary/aromatic N) is 1. The molecule has 4 aromatic rings. The van der Waals surface area contributed by atoms with Gasteiger partial charge in [0, 0.05) is 16.5 Å². The van der Waals surface area contributed by atoms with Crippen molar-refractivity contribution in [2.24, 2.45) is 5.73 Å². The molecule has 118 valence electrons. The molecule has 3 aromatic carbocycles. The van der Waals surface area contributed by atoms with E-state index in [9.17, 15) is 0 Å². The van der Waals surface area contributed by atoms with Crippen LogP contribution in [-0.2, 0) is 6.42 Å². The van der Waals surface area contributed by atoms with Gasteiger partial charge in [-0.25, -0.2) is 0 Å². The molecule has 0 radical (unpaired) electrons. The Bertz CT molecular complexity index is 1020. The molecule has 0 unspecified atom stereocenters. The van der Waals surface area contributed by atoms with Gasteiger partial charge in [0.15, 0.2) is 0 Å². The number of hydrogen-bond acceptors (Lipinski definition) is 1. The van der Waals surface area contributed by atoms with E-state index in [0.29, 0.717) is 6.54 Å². The van der Waals surface area contributed by atoms with Crippen LogP contribution in [-0.4, -0.2) is 11.1 Å². The molecule has 0 aliphatic carbocycles. The van der Waals surface area contributed by atoms with Gasteiger partial charge in [-0.2, -0.15) is 0 Å². The maximum Gasteiger partial charge on any atom is 0.0543 e. The third-order valence-corrected chi connectivity index (χ3v) is 4.58. The number of rotatable bonds is 4. The van der Waals surface area contributed by atoms with Crippen molar-refractivity contribution >= 4 is 27.9 Å². The van der Waals surface area contributed by atoms with Crippen molar-refractivity contribution in [3.05, 3.63) is 84.4 Å². The molecule has 24 heavy (non-hydrogen) atoms. The standard InChI is InChI=1S/C22H20N2/c1-2-16-10-12-18(13-11-16)24-20-8-4-3-7-19(20)22-17(14-15-23)6-5-9-21(22)24/h2-13H,1,14-15,23H2. The first-order valence-electron chi connectivity index (χ1n) is 8.27. The Labute approximate surface area is 141 Å². The summed E-state index contributed by atoms with van der Waals surface area (Å²) in [5, 5.41) is 2.59. The fraction of sp³-hybridized carbons (Fsp3) is 0.0909. The van der Waals surface area contributed by atoms with E-state index in [1.54, 1.807) is 0 Å². The molecule has 2 nitrogen and oxygen atoms in total. The van der Waals surface area contributed by atoms with Crippen LogP contribution in [0.5, 0.6) is 0 Å². The SMILES string of the molecule is C=Cc1ccc(-n2c3ccccc3c3c(CCN)cccc32)cc1. The molecule has 0 amide bonds. The summed E-state index contributed by atoms with van der Waals surface area (Å²) in [6.07, 6.45) is 2.76. The van der Waals surface area contributed by atoms with E-state index < -0.39 is 0 Å². The van der Waals surface area contributed by atoms with Crippen molar-refractivity contribution in [3.63, 3.8) is 0 Å². The van der Waals surface area contributed by atoms with E-state index in [2.05, 4.69) is 77.9 Å². The van der Waals surface area contributed by atoms with Crippen LogP contribution < -0.4 is 5.73 Å². The molecule has 2 heteroatoms. The molecule has 1 aromatic heterocycles. The number of nitrogens with two attached hydrogens (primary N) is 1. The number of hydrogen-bond donors (Lipinski definition) is 1.